The van der Waals surface area contributed by atoms with Crippen LogP contribution in [0.1, 0.15) is 11.8 Å². The molecule has 1 rings (SSSR count). The summed E-state index contributed by atoms with van der Waals surface area (Å²) in [4.78, 5) is 14.7. The highest BCUT2D eigenvalue weighted by atomic mass is 79.9. The lowest BCUT2D eigenvalue weighted by Gasteiger charge is -2.18. The molecule has 0 aliphatic heterocycles. The van der Waals surface area contributed by atoms with E-state index in [0.29, 0.717) is 6.54 Å². The van der Waals surface area contributed by atoms with Gasteiger partial charge in [-0.2, -0.15) is 0 Å². The molecule has 1 atom stereocenters. The van der Waals surface area contributed by atoms with Gasteiger partial charge in [0.25, 0.3) is 0 Å². The molecule has 0 aromatic carbocycles. The van der Waals surface area contributed by atoms with Crippen LogP contribution < -0.4 is 0 Å². The molecule has 0 radical (unpaired) electrons. The molecule has 0 saturated carbocycles. The van der Waals surface area contributed by atoms with E-state index in [1.54, 1.807) is 11.3 Å². The molecule has 0 aliphatic rings. The maximum Gasteiger partial charge on any atom is 0.309 e. The van der Waals surface area contributed by atoms with Gasteiger partial charge in [0.2, 0.25) is 0 Å². The number of carbonyl (C=O) groups is 1. The molecule has 0 saturated heterocycles. The Bertz CT molecular complexity index is 354. The smallest absolute Gasteiger partial charge is 0.309 e. The standard InChI is InChI=1S/C11H16BrNO2S/c1-8(11(14)15-3)5-13(2)6-10-4-9(12)7-16-10/h4,7-8H,5-6H2,1-3H3. The summed E-state index contributed by atoms with van der Waals surface area (Å²) in [7, 11) is 3.43. The van der Waals surface area contributed by atoms with Crippen molar-refractivity contribution in [2.24, 2.45) is 5.92 Å². The summed E-state index contributed by atoms with van der Waals surface area (Å²) in [6.45, 7) is 3.45. The number of rotatable bonds is 5. The Hall–Kier alpha value is -0.390. The fourth-order valence-electron chi connectivity index (χ4n) is 1.51. The van der Waals surface area contributed by atoms with Crippen molar-refractivity contribution in [1.29, 1.82) is 0 Å². The van der Waals surface area contributed by atoms with Crippen LogP contribution in [-0.2, 0) is 16.1 Å². The van der Waals surface area contributed by atoms with Gasteiger partial charge in [-0.15, -0.1) is 11.3 Å². The molecule has 0 fully saturated rings. The fourth-order valence-corrected chi connectivity index (χ4v) is 3.04. The summed E-state index contributed by atoms with van der Waals surface area (Å²) in [6, 6.07) is 2.10. The number of carbonyl (C=O) groups excluding carboxylic acids is 1. The molecule has 0 bridgehead atoms. The zero-order chi connectivity index (χ0) is 12.1. The second-order valence-electron chi connectivity index (χ2n) is 3.85. The van der Waals surface area contributed by atoms with Gasteiger partial charge in [-0.25, -0.2) is 0 Å². The quantitative estimate of drug-likeness (QED) is 0.784. The molecule has 90 valence electrons. The fraction of sp³-hybridized carbons (Fsp3) is 0.545. The van der Waals surface area contributed by atoms with Gasteiger partial charge in [0, 0.05) is 27.8 Å². The summed E-state index contributed by atoms with van der Waals surface area (Å²) < 4.78 is 5.81. The third-order valence-corrected chi connectivity index (χ3v) is 3.92. The molecule has 3 nitrogen and oxygen atoms in total. The summed E-state index contributed by atoms with van der Waals surface area (Å²) >= 11 is 5.14. The lowest BCUT2D eigenvalue weighted by atomic mass is 10.2. The molecule has 0 aliphatic carbocycles. The molecule has 0 spiro atoms. The molecule has 0 amide bonds. The van der Waals surface area contributed by atoms with Crippen LogP contribution >= 0.6 is 27.3 Å². The van der Waals surface area contributed by atoms with Gasteiger partial charge in [-0.1, -0.05) is 6.92 Å². The molecule has 5 heteroatoms. The SMILES string of the molecule is COC(=O)C(C)CN(C)Cc1cc(Br)cs1. The number of esters is 1. The van der Waals surface area contributed by atoms with Crippen LogP contribution in [0, 0.1) is 5.92 Å². The van der Waals surface area contributed by atoms with Crippen molar-refractivity contribution in [3.05, 3.63) is 20.8 Å². The minimum absolute atomic E-state index is 0.0848. The number of thiophene rings is 1. The predicted octanol–water partition coefficient (Wildman–Crippen LogP) is 2.75. The number of methoxy groups -OCH3 is 1. The van der Waals surface area contributed by atoms with Crippen LogP contribution in [-0.4, -0.2) is 31.6 Å². The van der Waals surface area contributed by atoms with E-state index in [2.05, 4.69) is 32.3 Å². The van der Waals surface area contributed by atoms with Gasteiger partial charge < -0.3 is 9.64 Å². The third kappa shape index (κ3) is 4.23. The molecule has 16 heavy (non-hydrogen) atoms. The van der Waals surface area contributed by atoms with Crippen LogP contribution in [0.25, 0.3) is 0 Å². The molecule has 1 aromatic rings. The summed E-state index contributed by atoms with van der Waals surface area (Å²) in [5, 5.41) is 2.06. The first-order valence-corrected chi connectivity index (χ1v) is 6.69. The summed E-state index contributed by atoms with van der Waals surface area (Å²) in [5.74, 6) is -0.238. The van der Waals surface area contributed by atoms with Crippen molar-refractivity contribution in [2.75, 3.05) is 20.7 Å². The van der Waals surface area contributed by atoms with E-state index >= 15 is 0 Å². The van der Waals surface area contributed by atoms with E-state index in [4.69, 9.17) is 4.74 Å². The molecule has 1 heterocycles. The lowest BCUT2D eigenvalue weighted by molar-refractivity contribution is -0.145. The van der Waals surface area contributed by atoms with Gasteiger partial charge in [-0.05, 0) is 29.0 Å². The number of halogens is 1. The van der Waals surface area contributed by atoms with Crippen LogP contribution in [0.5, 0.6) is 0 Å². The van der Waals surface area contributed by atoms with Crippen molar-refractivity contribution in [3.63, 3.8) is 0 Å². The first-order valence-electron chi connectivity index (χ1n) is 5.02. The number of hydrogen-bond donors (Lipinski definition) is 0. The Labute approximate surface area is 109 Å². The average molecular weight is 306 g/mol. The number of ether oxygens (including phenoxy) is 1. The molecular weight excluding hydrogens is 290 g/mol. The second-order valence-corrected chi connectivity index (χ2v) is 5.76. The topological polar surface area (TPSA) is 29.5 Å². The van der Waals surface area contributed by atoms with E-state index in [1.807, 2.05) is 14.0 Å². The van der Waals surface area contributed by atoms with Gasteiger partial charge in [0.05, 0.1) is 13.0 Å². The first-order chi connectivity index (χ1) is 7.52. The first kappa shape index (κ1) is 13.7. The van der Waals surface area contributed by atoms with Crippen molar-refractivity contribution in [3.8, 4) is 0 Å². The molecule has 1 aromatic heterocycles. The Morgan fingerprint density at radius 1 is 1.69 bits per heavy atom. The largest absolute Gasteiger partial charge is 0.469 e. The zero-order valence-corrected chi connectivity index (χ0v) is 12.1. The minimum Gasteiger partial charge on any atom is -0.469 e. The Morgan fingerprint density at radius 2 is 2.38 bits per heavy atom. The summed E-state index contributed by atoms with van der Waals surface area (Å²) in [5.41, 5.74) is 0. The normalized spacial score (nSPS) is 12.8. The van der Waals surface area contributed by atoms with Crippen LogP contribution in [0.15, 0.2) is 15.9 Å². The minimum atomic E-state index is -0.154. The number of hydrogen-bond acceptors (Lipinski definition) is 4. The van der Waals surface area contributed by atoms with Gasteiger partial charge in [0.15, 0.2) is 0 Å². The Kier molecular flexibility index (Phi) is 5.44. The highest BCUT2D eigenvalue weighted by molar-refractivity contribution is 9.10. The van der Waals surface area contributed by atoms with Crippen molar-refractivity contribution >= 4 is 33.2 Å². The lowest BCUT2D eigenvalue weighted by Crippen LogP contribution is -2.28. The van der Waals surface area contributed by atoms with E-state index in [9.17, 15) is 4.79 Å². The maximum absolute atomic E-state index is 11.3. The van der Waals surface area contributed by atoms with E-state index in [1.165, 1.54) is 12.0 Å². The highest BCUT2D eigenvalue weighted by Crippen LogP contribution is 2.21. The monoisotopic (exact) mass is 305 g/mol. The van der Waals surface area contributed by atoms with Gasteiger partial charge in [0.1, 0.15) is 0 Å². The molecular formula is C11H16BrNO2S. The van der Waals surface area contributed by atoms with Crippen LogP contribution in [0.3, 0.4) is 0 Å². The van der Waals surface area contributed by atoms with Crippen molar-refractivity contribution < 1.29 is 9.53 Å². The maximum atomic E-state index is 11.3. The third-order valence-electron chi connectivity index (χ3n) is 2.24. The highest BCUT2D eigenvalue weighted by Gasteiger charge is 2.15. The van der Waals surface area contributed by atoms with E-state index in [-0.39, 0.29) is 11.9 Å². The average Bonchev–Trinajstić information content (AvgIpc) is 2.62. The summed E-state index contributed by atoms with van der Waals surface area (Å²) in [6.07, 6.45) is 0. The zero-order valence-electron chi connectivity index (χ0n) is 9.70. The predicted molar refractivity (Wildman–Crippen MR) is 69.5 cm³/mol. The van der Waals surface area contributed by atoms with Crippen LogP contribution in [0.2, 0.25) is 0 Å². The van der Waals surface area contributed by atoms with E-state index in [0.717, 1.165) is 11.0 Å². The van der Waals surface area contributed by atoms with Gasteiger partial charge in [-0.3, -0.25) is 4.79 Å². The number of nitrogens with zero attached hydrogens (tertiary/aromatic N) is 1. The van der Waals surface area contributed by atoms with E-state index < -0.39 is 0 Å². The van der Waals surface area contributed by atoms with Crippen LogP contribution in [0.4, 0.5) is 0 Å². The second kappa shape index (κ2) is 6.37. The Morgan fingerprint density at radius 3 is 2.88 bits per heavy atom. The Balaban J connectivity index is 2.41. The molecule has 0 N–H and O–H groups in total. The van der Waals surface area contributed by atoms with Crippen molar-refractivity contribution in [1.82, 2.24) is 4.90 Å². The molecule has 1 unspecified atom stereocenters. The van der Waals surface area contributed by atoms with Gasteiger partial charge >= 0.3 is 5.97 Å². The van der Waals surface area contributed by atoms with Crippen molar-refractivity contribution in [2.45, 2.75) is 13.5 Å².